The van der Waals surface area contributed by atoms with Gasteiger partial charge in [-0.05, 0) is 5.92 Å². The van der Waals surface area contributed by atoms with E-state index in [1.54, 1.807) is 0 Å². The van der Waals surface area contributed by atoms with Crippen LogP contribution in [0.5, 0.6) is 0 Å². The zero-order valence-corrected chi connectivity index (χ0v) is 13.2. The molecule has 0 aromatic carbocycles. The summed E-state index contributed by atoms with van der Waals surface area (Å²) in [5.41, 5.74) is 0. The summed E-state index contributed by atoms with van der Waals surface area (Å²) in [6, 6.07) is 0. The fourth-order valence-electron chi connectivity index (χ4n) is 1.80. The number of nitrogens with one attached hydrogen (secondary N) is 1. The van der Waals surface area contributed by atoms with Gasteiger partial charge in [-0.1, -0.05) is 37.4 Å². The van der Waals surface area contributed by atoms with Crippen LogP contribution in [0.4, 0.5) is 5.13 Å². The van der Waals surface area contributed by atoms with Crippen molar-refractivity contribution in [3.8, 4) is 0 Å². The van der Waals surface area contributed by atoms with E-state index in [0.29, 0.717) is 37.4 Å². The SMILES string of the molecule is CC(C)Cc1nnc(NC(=O)C(=S)N2CCOCC2)s1. The lowest BCUT2D eigenvalue weighted by molar-refractivity contribution is -0.111. The number of thiocarbonyl (C=S) groups is 1. The van der Waals surface area contributed by atoms with E-state index in [0.717, 1.165) is 11.4 Å². The third-order valence-electron chi connectivity index (χ3n) is 2.76. The molecule has 0 aliphatic carbocycles. The van der Waals surface area contributed by atoms with Crippen LogP contribution in [0.25, 0.3) is 0 Å². The van der Waals surface area contributed by atoms with Crippen molar-refractivity contribution in [2.45, 2.75) is 20.3 Å². The van der Waals surface area contributed by atoms with Crippen LogP contribution >= 0.6 is 23.6 Å². The molecule has 2 rings (SSSR count). The van der Waals surface area contributed by atoms with Crippen LogP contribution in [0, 0.1) is 5.92 Å². The molecule has 1 saturated heterocycles. The maximum absolute atomic E-state index is 12.0. The average Bonchev–Trinajstić information content (AvgIpc) is 2.85. The predicted octanol–water partition coefficient (Wildman–Crippen LogP) is 1.33. The van der Waals surface area contributed by atoms with Gasteiger partial charge in [-0.2, -0.15) is 0 Å². The largest absolute Gasteiger partial charge is 0.378 e. The molecule has 0 saturated carbocycles. The second-order valence-electron chi connectivity index (χ2n) is 4.96. The Morgan fingerprint density at radius 1 is 1.45 bits per heavy atom. The number of anilines is 1. The summed E-state index contributed by atoms with van der Waals surface area (Å²) < 4.78 is 5.23. The summed E-state index contributed by atoms with van der Waals surface area (Å²) in [5.74, 6) is 0.218. The molecule has 2 heterocycles. The first-order valence-electron chi connectivity index (χ1n) is 6.56. The van der Waals surface area contributed by atoms with Crippen molar-refractivity contribution in [1.29, 1.82) is 0 Å². The van der Waals surface area contributed by atoms with Crippen LogP contribution in [0.1, 0.15) is 18.9 Å². The molecule has 0 bridgehead atoms. The molecule has 1 amide bonds. The standard InChI is InChI=1S/C12H18N4O2S2/c1-8(2)7-9-14-15-12(20-9)13-10(17)11(19)16-3-5-18-6-4-16/h8H,3-7H2,1-2H3,(H,13,15,17). The second kappa shape index (κ2) is 7.05. The minimum Gasteiger partial charge on any atom is -0.378 e. The van der Waals surface area contributed by atoms with E-state index in [1.165, 1.54) is 11.3 Å². The number of nitrogens with zero attached hydrogens (tertiary/aromatic N) is 3. The first-order valence-corrected chi connectivity index (χ1v) is 7.79. The Bertz CT molecular complexity index is 484. The van der Waals surface area contributed by atoms with Gasteiger partial charge >= 0.3 is 0 Å². The van der Waals surface area contributed by atoms with Crippen LogP contribution in [0.3, 0.4) is 0 Å². The minimum atomic E-state index is -0.297. The van der Waals surface area contributed by atoms with Crippen molar-refractivity contribution in [2.24, 2.45) is 5.92 Å². The fraction of sp³-hybridized carbons (Fsp3) is 0.667. The van der Waals surface area contributed by atoms with Crippen LogP contribution in [0.15, 0.2) is 0 Å². The van der Waals surface area contributed by atoms with E-state index in [2.05, 4.69) is 29.4 Å². The molecule has 0 unspecified atom stereocenters. The number of carbonyl (C=O) groups excluding carboxylic acids is 1. The van der Waals surface area contributed by atoms with E-state index >= 15 is 0 Å². The summed E-state index contributed by atoms with van der Waals surface area (Å²) in [4.78, 5) is 14.2. The van der Waals surface area contributed by atoms with E-state index in [1.807, 2.05) is 4.90 Å². The van der Waals surface area contributed by atoms with Crippen LogP contribution in [-0.2, 0) is 16.0 Å². The Balaban J connectivity index is 1.90. The Kier molecular flexibility index (Phi) is 5.38. The monoisotopic (exact) mass is 314 g/mol. The average molecular weight is 314 g/mol. The molecule has 110 valence electrons. The van der Waals surface area contributed by atoms with Crippen molar-refractivity contribution in [3.05, 3.63) is 5.01 Å². The summed E-state index contributed by atoms with van der Waals surface area (Å²) in [6.45, 7) is 6.75. The van der Waals surface area contributed by atoms with Gasteiger partial charge < -0.3 is 9.64 Å². The molecule has 0 atom stereocenters. The quantitative estimate of drug-likeness (QED) is 0.849. The lowest BCUT2D eigenvalue weighted by Crippen LogP contribution is -2.44. The predicted molar refractivity (Wildman–Crippen MR) is 82.1 cm³/mol. The number of rotatable bonds is 3. The lowest BCUT2D eigenvalue weighted by atomic mass is 10.1. The van der Waals surface area contributed by atoms with E-state index in [4.69, 9.17) is 17.0 Å². The summed E-state index contributed by atoms with van der Waals surface area (Å²) >= 11 is 6.58. The normalized spacial score (nSPS) is 15.4. The molecule has 20 heavy (non-hydrogen) atoms. The zero-order valence-electron chi connectivity index (χ0n) is 11.6. The molecular weight excluding hydrogens is 296 g/mol. The van der Waals surface area contributed by atoms with Gasteiger partial charge in [0, 0.05) is 19.5 Å². The van der Waals surface area contributed by atoms with Gasteiger partial charge in [0.1, 0.15) is 5.01 Å². The zero-order chi connectivity index (χ0) is 14.5. The highest BCUT2D eigenvalue weighted by Crippen LogP contribution is 2.18. The van der Waals surface area contributed by atoms with Crippen LogP contribution in [0.2, 0.25) is 0 Å². The third-order valence-corrected chi connectivity index (χ3v) is 4.07. The van der Waals surface area contributed by atoms with Gasteiger partial charge in [-0.15, -0.1) is 10.2 Å². The van der Waals surface area contributed by atoms with Crippen molar-refractivity contribution < 1.29 is 9.53 Å². The van der Waals surface area contributed by atoms with Gasteiger partial charge in [-0.25, -0.2) is 0 Å². The molecule has 0 spiro atoms. The number of hydrogen-bond acceptors (Lipinski definition) is 6. The lowest BCUT2D eigenvalue weighted by Gasteiger charge is -2.28. The highest BCUT2D eigenvalue weighted by Gasteiger charge is 2.21. The second-order valence-corrected chi connectivity index (χ2v) is 6.41. The fourth-order valence-corrected chi connectivity index (χ4v) is 2.98. The van der Waals surface area contributed by atoms with Gasteiger partial charge in [0.15, 0.2) is 4.99 Å². The van der Waals surface area contributed by atoms with Crippen molar-refractivity contribution >= 4 is 39.6 Å². The Labute approximate surface area is 127 Å². The number of hydrogen-bond donors (Lipinski definition) is 1. The molecular formula is C12H18N4O2S2. The maximum atomic E-state index is 12.0. The van der Waals surface area contributed by atoms with Gasteiger partial charge in [0.2, 0.25) is 5.13 Å². The molecule has 1 aliphatic heterocycles. The molecule has 1 N–H and O–H groups in total. The van der Waals surface area contributed by atoms with Crippen LogP contribution in [-0.4, -0.2) is 52.3 Å². The molecule has 8 heteroatoms. The first kappa shape index (κ1) is 15.3. The van der Waals surface area contributed by atoms with Crippen molar-refractivity contribution in [1.82, 2.24) is 15.1 Å². The smallest absolute Gasteiger partial charge is 0.285 e. The van der Waals surface area contributed by atoms with Crippen molar-refractivity contribution in [2.75, 3.05) is 31.6 Å². The number of carbonyl (C=O) groups is 1. The number of amides is 1. The Hall–Kier alpha value is -1.12. The third kappa shape index (κ3) is 4.19. The van der Waals surface area contributed by atoms with Crippen LogP contribution < -0.4 is 5.32 Å². The number of aromatic nitrogens is 2. The molecule has 1 aromatic rings. The van der Waals surface area contributed by atoms with Gasteiger partial charge in [0.05, 0.1) is 13.2 Å². The number of morpholine rings is 1. The summed E-state index contributed by atoms with van der Waals surface area (Å²) in [6.07, 6.45) is 0.863. The van der Waals surface area contributed by atoms with Gasteiger partial charge in [0.25, 0.3) is 5.91 Å². The molecule has 0 radical (unpaired) electrons. The molecule has 1 fully saturated rings. The van der Waals surface area contributed by atoms with Gasteiger partial charge in [-0.3, -0.25) is 10.1 Å². The van der Waals surface area contributed by atoms with E-state index < -0.39 is 0 Å². The van der Waals surface area contributed by atoms with Crippen molar-refractivity contribution in [3.63, 3.8) is 0 Å². The Morgan fingerprint density at radius 3 is 2.80 bits per heavy atom. The first-order chi connectivity index (χ1) is 9.56. The topological polar surface area (TPSA) is 67.4 Å². The maximum Gasteiger partial charge on any atom is 0.285 e. The Morgan fingerprint density at radius 2 is 2.15 bits per heavy atom. The number of ether oxygens (including phenoxy) is 1. The summed E-state index contributed by atoms with van der Waals surface area (Å²) in [7, 11) is 0. The molecule has 1 aliphatic rings. The van der Waals surface area contributed by atoms with E-state index in [9.17, 15) is 4.79 Å². The molecule has 1 aromatic heterocycles. The van der Waals surface area contributed by atoms with E-state index in [-0.39, 0.29) is 10.9 Å². The molecule has 6 nitrogen and oxygen atoms in total. The summed E-state index contributed by atoms with van der Waals surface area (Å²) in [5, 5.41) is 12.2. The minimum absolute atomic E-state index is 0.286. The highest BCUT2D eigenvalue weighted by atomic mass is 32.1. The highest BCUT2D eigenvalue weighted by molar-refractivity contribution is 7.82.